The third kappa shape index (κ3) is 5.36. The van der Waals surface area contributed by atoms with Crippen LogP contribution in [-0.4, -0.2) is 56.1 Å². The largest absolute Gasteiger partial charge is 0.411 e. The molecule has 6 nitrogen and oxygen atoms in total. The van der Waals surface area contributed by atoms with Crippen LogP contribution in [0.3, 0.4) is 0 Å². The van der Waals surface area contributed by atoms with Gasteiger partial charge in [0.1, 0.15) is 12.7 Å². The Kier molecular flexibility index (Phi) is 5.78. The molecule has 1 aliphatic heterocycles. The van der Waals surface area contributed by atoms with Crippen molar-refractivity contribution < 1.29 is 27.4 Å². The summed E-state index contributed by atoms with van der Waals surface area (Å²) in [5, 5.41) is 2.57. The van der Waals surface area contributed by atoms with E-state index in [0.29, 0.717) is 37.8 Å². The number of carbonyl (C=O) groups is 1. The van der Waals surface area contributed by atoms with Gasteiger partial charge in [-0.15, -0.1) is 0 Å². The van der Waals surface area contributed by atoms with E-state index in [2.05, 4.69) is 15.0 Å². The van der Waals surface area contributed by atoms with E-state index in [0.717, 1.165) is 0 Å². The lowest BCUT2D eigenvalue weighted by Crippen LogP contribution is -2.38. The fourth-order valence-electron chi connectivity index (χ4n) is 2.05. The van der Waals surface area contributed by atoms with Gasteiger partial charge in [-0.3, -0.25) is 4.79 Å². The maximum absolute atomic E-state index is 12.1. The van der Waals surface area contributed by atoms with Crippen LogP contribution in [0.25, 0.3) is 0 Å². The van der Waals surface area contributed by atoms with Crippen molar-refractivity contribution in [3.05, 3.63) is 18.3 Å². The third-order valence-electron chi connectivity index (χ3n) is 3.22. The zero-order valence-corrected chi connectivity index (χ0v) is 12.6. The van der Waals surface area contributed by atoms with Gasteiger partial charge >= 0.3 is 6.18 Å². The number of rotatable bonds is 5. The molecule has 0 unspecified atom stereocenters. The normalized spacial score (nSPS) is 17.0. The molecule has 1 aliphatic rings. The molecule has 1 saturated heterocycles. The van der Waals surface area contributed by atoms with Gasteiger partial charge in [-0.05, 0) is 19.1 Å². The van der Waals surface area contributed by atoms with Gasteiger partial charge in [0, 0.05) is 19.3 Å². The van der Waals surface area contributed by atoms with Crippen molar-refractivity contribution in [3.63, 3.8) is 0 Å². The summed E-state index contributed by atoms with van der Waals surface area (Å²) < 4.78 is 46.2. The molecule has 0 bridgehead atoms. The Bertz CT molecular complexity index is 533. The molecule has 0 saturated carbocycles. The van der Waals surface area contributed by atoms with E-state index < -0.39 is 24.8 Å². The highest BCUT2D eigenvalue weighted by Crippen LogP contribution is 2.24. The van der Waals surface area contributed by atoms with Crippen molar-refractivity contribution >= 4 is 17.4 Å². The van der Waals surface area contributed by atoms with E-state index in [1.807, 2.05) is 4.90 Å². The molecule has 1 N–H and O–H groups in total. The van der Waals surface area contributed by atoms with Gasteiger partial charge in [0.15, 0.2) is 5.82 Å². The Morgan fingerprint density at radius 2 is 2.17 bits per heavy atom. The second kappa shape index (κ2) is 7.60. The Labute approximate surface area is 131 Å². The average Bonchev–Trinajstić information content (AvgIpc) is 2.53. The lowest BCUT2D eigenvalue weighted by Gasteiger charge is -2.29. The number of aromatic nitrogens is 1. The smallest absolute Gasteiger partial charge is 0.378 e. The predicted octanol–water partition coefficient (Wildman–Crippen LogP) is 1.82. The SMILES string of the molecule is C[C@@H](OCC(F)(F)F)C(=O)Nc1cccnc1N1CCOCC1. The minimum absolute atomic E-state index is 0.432. The number of carbonyl (C=O) groups excluding carboxylic acids is 1. The molecule has 2 rings (SSSR count). The quantitative estimate of drug-likeness (QED) is 0.891. The van der Waals surface area contributed by atoms with Crippen molar-refractivity contribution in [2.24, 2.45) is 0 Å². The number of amides is 1. The second-order valence-corrected chi connectivity index (χ2v) is 5.03. The highest BCUT2D eigenvalue weighted by atomic mass is 19.4. The predicted molar refractivity (Wildman–Crippen MR) is 77.4 cm³/mol. The summed E-state index contributed by atoms with van der Waals surface area (Å²) in [7, 11) is 0. The van der Waals surface area contributed by atoms with Crippen molar-refractivity contribution in [2.75, 3.05) is 43.1 Å². The molecule has 23 heavy (non-hydrogen) atoms. The summed E-state index contributed by atoms with van der Waals surface area (Å²) in [6.45, 7) is 2.15. The summed E-state index contributed by atoms with van der Waals surface area (Å²) in [6, 6.07) is 3.28. The monoisotopic (exact) mass is 333 g/mol. The molecule has 1 aromatic rings. The third-order valence-corrected chi connectivity index (χ3v) is 3.22. The molecule has 128 valence electrons. The molecular formula is C14H18F3N3O3. The van der Waals surface area contributed by atoms with E-state index in [9.17, 15) is 18.0 Å². The molecule has 0 spiro atoms. The second-order valence-electron chi connectivity index (χ2n) is 5.03. The Morgan fingerprint density at radius 3 is 2.83 bits per heavy atom. The standard InChI is InChI=1S/C14H18F3N3O3/c1-10(23-9-14(15,16)17)13(21)19-11-3-2-4-18-12(11)20-5-7-22-8-6-20/h2-4,10H,5-9H2,1H3,(H,19,21)/t10-/m1/s1. The molecule has 0 radical (unpaired) electrons. The summed E-state index contributed by atoms with van der Waals surface area (Å²) >= 11 is 0. The van der Waals surface area contributed by atoms with Crippen LogP contribution >= 0.6 is 0 Å². The van der Waals surface area contributed by atoms with E-state index >= 15 is 0 Å². The van der Waals surface area contributed by atoms with Crippen LogP contribution in [0.1, 0.15) is 6.92 Å². The van der Waals surface area contributed by atoms with Crippen LogP contribution in [0, 0.1) is 0 Å². The van der Waals surface area contributed by atoms with Gasteiger partial charge in [-0.25, -0.2) is 4.98 Å². The molecule has 0 aliphatic carbocycles. The minimum atomic E-state index is -4.47. The van der Waals surface area contributed by atoms with E-state index in [-0.39, 0.29) is 0 Å². The molecule has 1 atom stereocenters. The minimum Gasteiger partial charge on any atom is -0.378 e. The summed E-state index contributed by atoms with van der Waals surface area (Å²) in [5.41, 5.74) is 0.432. The number of hydrogen-bond donors (Lipinski definition) is 1. The molecule has 9 heteroatoms. The highest BCUT2D eigenvalue weighted by Gasteiger charge is 2.30. The van der Waals surface area contributed by atoms with E-state index in [4.69, 9.17) is 4.74 Å². The topological polar surface area (TPSA) is 63.7 Å². The van der Waals surface area contributed by atoms with Crippen molar-refractivity contribution in [1.29, 1.82) is 0 Å². The fraction of sp³-hybridized carbons (Fsp3) is 0.571. The van der Waals surface area contributed by atoms with Crippen molar-refractivity contribution in [1.82, 2.24) is 4.98 Å². The van der Waals surface area contributed by atoms with Gasteiger partial charge < -0.3 is 19.7 Å². The number of alkyl halides is 3. The molecule has 2 heterocycles. The first-order valence-electron chi connectivity index (χ1n) is 7.14. The fourth-order valence-corrected chi connectivity index (χ4v) is 2.05. The van der Waals surface area contributed by atoms with Gasteiger partial charge in [0.05, 0.1) is 18.9 Å². The van der Waals surface area contributed by atoms with Crippen LogP contribution in [0.4, 0.5) is 24.7 Å². The van der Waals surface area contributed by atoms with Gasteiger partial charge in [-0.2, -0.15) is 13.2 Å². The average molecular weight is 333 g/mol. The van der Waals surface area contributed by atoms with E-state index in [1.165, 1.54) is 6.92 Å². The van der Waals surface area contributed by atoms with Crippen LogP contribution in [0.15, 0.2) is 18.3 Å². The Hall–Kier alpha value is -1.87. The van der Waals surface area contributed by atoms with Crippen molar-refractivity contribution in [3.8, 4) is 0 Å². The Balaban J connectivity index is 2.00. The highest BCUT2D eigenvalue weighted by molar-refractivity contribution is 5.96. The zero-order valence-electron chi connectivity index (χ0n) is 12.6. The number of anilines is 2. The number of nitrogens with one attached hydrogen (secondary N) is 1. The number of pyridine rings is 1. The molecule has 1 fully saturated rings. The lowest BCUT2D eigenvalue weighted by atomic mass is 10.3. The van der Waals surface area contributed by atoms with Gasteiger partial charge in [0.25, 0.3) is 5.91 Å². The number of morpholine rings is 1. The van der Waals surface area contributed by atoms with E-state index in [1.54, 1.807) is 18.3 Å². The van der Waals surface area contributed by atoms with Gasteiger partial charge in [-0.1, -0.05) is 0 Å². The number of hydrogen-bond acceptors (Lipinski definition) is 5. The molecular weight excluding hydrogens is 315 g/mol. The number of nitrogens with zero attached hydrogens (tertiary/aromatic N) is 2. The Morgan fingerprint density at radius 1 is 1.48 bits per heavy atom. The van der Waals surface area contributed by atoms with Crippen LogP contribution in [0.5, 0.6) is 0 Å². The first kappa shape index (κ1) is 17.5. The summed E-state index contributed by atoms with van der Waals surface area (Å²) in [5.74, 6) is -0.0936. The first-order chi connectivity index (χ1) is 10.9. The zero-order chi connectivity index (χ0) is 16.9. The molecule has 0 aromatic carbocycles. The number of halogens is 3. The molecule has 1 amide bonds. The first-order valence-corrected chi connectivity index (χ1v) is 7.14. The van der Waals surface area contributed by atoms with Gasteiger partial charge in [0.2, 0.25) is 0 Å². The maximum atomic E-state index is 12.1. The summed E-state index contributed by atoms with van der Waals surface area (Å²) in [6.07, 6.45) is -4.11. The number of ether oxygens (including phenoxy) is 2. The summed E-state index contributed by atoms with van der Waals surface area (Å²) in [4.78, 5) is 18.2. The van der Waals surface area contributed by atoms with Crippen LogP contribution < -0.4 is 10.2 Å². The van der Waals surface area contributed by atoms with Crippen LogP contribution in [-0.2, 0) is 14.3 Å². The van der Waals surface area contributed by atoms with Crippen molar-refractivity contribution in [2.45, 2.75) is 19.2 Å². The molecule has 1 aromatic heterocycles. The van der Waals surface area contributed by atoms with Crippen LogP contribution in [0.2, 0.25) is 0 Å². The maximum Gasteiger partial charge on any atom is 0.411 e. The lowest BCUT2D eigenvalue weighted by molar-refractivity contribution is -0.184.